The molecule has 4 rings (SSSR count). The van der Waals surface area contributed by atoms with Crippen LogP contribution in [0, 0.1) is 40.9 Å². The van der Waals surface area contributed by atoms with Crippen molar-refractivity contribution in [2.24, 2.45) is 46.7 Å². The average molecular weight is 1050 g/mol. The number of carbonyl (C=O) groups excluding carboxylic acids is 6. The number of ketones is 3. The number of nitrogens with zero attached hydrogens (tertiary/aromatic N) is 1. The normalized spacial score (nSPS) is 38.1. The van der Waals surface area contributed by atoms with Crippen LogP contribution in [0.2, 0.25) is 0 Å². The summed E-state index contributed by atoms with van der Waals surface area (Å²) in [6.07, 6.45) is 9.68. The Labute approximate surface area is 438 Å². The van der Waals surface area contributed by atoms with E-state index in [-0.39, 0.29) is 37.0 Å². The molecule has 4 aliphatic rings. The second-order valence-electron chi connectivity index (χ2n) is 22.1. The Morgan fingerprint density at radius 1 is 0.878 bits per heavy atom. The Morgan fingerprint density at radius 3 is 2.20 bits per heavy atom. The highest BCUT2D eigenvalue weighted by atomic mass is 16.6. The SMILES string of the molecule is CO[C@H]1C[C@@H]2CC[C@@H](C)[C@@](O)(O2)C(=O)C(=O)N2CCCCC2C(=O)O[C@](N)([C@H](C)C[C@@H]2CC[C@@H](OC(=O)C(C)(CO)CO)[C@H](OC)C2)CC(=O)[C@H](C)/C=C(\C)[C@@H](O)[C@@H](OC)C(=O)[C@H](C)C[C@H](C)/C=C/C=C/C=C/1C. The van der Waals surface area contributed by atoms with Crippen molar-refractivity contribution in [2.75, 3.05) is 41.1 Å². The Bertz CT molecular complexity index is 2070. The number of amides is 1. The summed E-state index contributed by atoms with van der Waals surface area (Å²) in [5.41, 5.74) is 4.83. The number of piperidine rings is 1. The molecule has 1 amide bonds. The summed E-state index contributed by atoms with van der Waals surface area (Å²) in [6.45, 7) is 12.4. The third kappa shape index (κ3) is 15.6. The van der Waals surface area contributed by atoms with Crippen molar-refractivity contribution in [3.63, 3.8) is 0 Å². The zero-order valence-electron chi connectivity index (χ0n) is 45.8. The van der Waals surface area contributed by atoms with E-state index in [4.69, 9.17) is 34.2 Å². The van der Waals surface area contributed by atoms with Crippen LogP contribution < -0.4 is 5.73 Å². The van der Waals surface area contributed by atoms with Crippen molar-refractivity contribution in [3.8, 4) is 0 Å². The molecule has 0 aromatic rings. The predicted molar refractivity (Wildman–Crippen MR) is 274 cm³/mol. The van der Waals surface area contributed by atoms with Crippen molar-refractivity contribution in [2.45, 2.75) is 187 Å². The molecule has 0 aromatic carbocycles. The van der Waals surface area contributed by atoms with Gasteiger partial charge in [0.05, 0.1) is 37.9 Å². The number of nitrogens with two attached hydrogens (primary N) is 1. The number of allylic oxidation sites excluding steroid dienone is 6. The van der Waals surface area contributed by atoms with E-state index in [1.165, 1.54) is 27.2 Å². The number of aliphatic hydroxyl groups is 4. The van der Waals surface area contributed by atoms with Gasteiger partial charge in [0.25, 0.3) is 11.7 Å². The molecule has 0 spiro atoms. The molecule has 74 heavy (non-hydrogen) atoms. The van der Waals surface area contributed by atoms with Gasteiger partial charge < -0.3 is 53.7 Å². The Morgan fingerprint density at radius 2 is 1.57 bits per heavy atom. The predicted octanol–water partition coefficient (Wildman–Crippen LogP) is 5.01. The summed E-state index contributed by atoms with van der Waals surface area (Å²) in [4.78, 5) is 85.7. The number of cyclic esters (lactones) is 1. The lowest BCUT2D eigenvalue weighted by Gasteiger charge is -2.43. The minimum Gasteiger partial charge on any atom is -0.459 e. The third-order valence-electron chi connectivity index (χ3n) is 16.2. The number of rotatable bonds is 10. The number of methoxy groups -OCH3 is 3. The van der Waals surface area contributed by atoms with Crippen LogP contribution in [0.25, 0.3) is 0 Å². The quantitative estimate of drug-likeness (QED) is 0.109. The molecule has 2 saturated heterocycles. The number of hydrogen-bond acceptors (Lipinski definition) is 17. The van der Waals surface area contributed by atoms with Crippen LogP contribution in [-0.4, -0.2) is 156 Å². The summed E-state index contributed by atoms with van der Waals surface area (Å²) in [5, 5.41) is 43.1. The molecule has 3 fully saturated rings. The van der Waals surface area contributed by atoms with Gasteiger partial charge in [-0.25, -0.2) is 4.79 Å². The number of esters is 2. The van der Waals surface area contributed by atoms with Gasteiger partial charge in [-0.3, -0.25) is 29.7 Å². The zero-order chi connectivity index (χ0) is 55.3. The maximum atomic E-state index is 14.7. The molecule has 1 saturated carbocycles. The van der Waals surface area contributed by atoms with Gasteiger partial charge in [-0.1, -0.05) is 71.1 Å². The van der Waals surface area contributed by atoms with Gasteiger partial charge in [-0.05, 0) is 108 Å². The van der Waals surface area contributed by atoms with E-state index >= 15 is 0 Å². The molecule has 18 heteroatoms. The topological polar surface area (TPSA) is 268 Å². The van der Waals surface area contributed by atoms with E-state index in [1.54, 1.807) is 41.7 Å². The number of fused-ring (bicyclic) bond motifs is 3. The van der Waals surface area contributed by atoms with Gasteiger partial charge in [-0.15, -0.1) is 0 Å². The fraction of sp³-hybridized carbons (Fsp3) is 0.750. The summed E-state index contributed by atoms with van der Waals surface area (Å²) in [5.74, 6) is -10.3. The van der Waals surface area contributed by atoms with Crippen molar-refractivity contribution in [3.05, 3.63) is 47.6 Å². The van der Waals surface area contributed by atoms with E-state index in [1.807, 2.05) is 44.2 Å². The van der Waals surface area contributed by atoms with Crippen LogP contribution in [-0.2, 0) is 57.2 Å². The molecule has 0 aromatic heterocycles. The average Bonchev–Trinajstić information content (AvgIpc) is 3.37. The molecule has 1 unspecified atom stereocenters. The fourth-order valence-corrected chi connectivity index (χ4v) is 10.7. The van der Waals surface area contributed by atoms with Crippen molar-refractivity contribution < 1.29 is 77.6 Å². The van der Waals surface area contributed by atoms with Crippen LogP contribution in [0.1, 0.15) is 132 Å². The van der Waals surface area contributed by atoms with E-state index in [0.29, 0.717) is 63.4 Å². The van der Waals surface area contributed by atoms with Crippen LogP contribution >= 0.6 is 0 Å². The molecule has 2 bridgehead atoms. The second-order valence-corrected chi connectivity index (χ2v) is 22.1. The number of Topliss-reactive ketones (excluding diaryl/α,β-unsaturated/α-hetero) is 3. The summed E-state index contributed by atoms with van der Waals surface area (Å²) in [6, 6.07) is -1.30. The maximum Gasteiger partial charge on any atom is 0.330 e. The second kappa shape index (κ2) is 27.9. The molecule has 3 aliphatic heterocycles. The first-order valence-electron chi connectivity index (χ1n) is 26.6. The molecular formula is C56H88N2O16. The Balaban J connectivity index is 1.73. The molecular weight excluding hydrogens is 957 g/mol. The minimum absolute atomic E-state index is 0.00317. The van der Waals surface area contributed by atoms with Crippen molar-refractivity contribution in [1.29, 1.82) is 0 Å². The lowest BCUT2D eigenvalue weighted by atomic mass is 9.76. The molecule has 1 aliphatic carbocycles. The number of carbonyl (C=O) groups is 6. The largest absolute Gasteiger partial charge is 0.459 e. The highest BCUT2D eigenvalue weighted by Crippen LogP contribution is 2.40. The van der Waals surface area contributed by atoms with Crippen LogP contribution in [0.5, 0.6) is 0 Å². The first-order chi connectivity index (χ1) is 34.8. The van der Waals surface area contributed by atoms with Gasteiger partial charge in [0.1, 0.15) is 35.6 Å². The van der Waals surface area contributed by atoms with Gasteiger partial charge in [0.2, 0.25) is 5.79 Å². The van der Waals surface area contributed by atoms with E-state index in [0.717, 1.165) is 10.5 Å². The van der Waals surface area contributed by atoms with Gasteiger partial charge in [0.15, 0.2) is 11.5 Å². The monoisotopic (exact) mass is 1040 g/mol. The van der Waals surface area contributed by atoms with Crippen LogP contribution in [0.15, 0.2) is 47.6 Å². The summed E-state index contributed by atoms with van der Waals surface area (Å²) < 4.78 is 35.4. The molecule has 18 nitrogen and oxygen atoms in total. The van der Waals surface area contributed by atoms with Gasteiger partial charge in [0, 0.05) is 58.0 Å². The first kappa shape index (κ1) is 62.6. The molecule has 6 N–H and O–H groups in total. The van der Waals surface area contributed by atoms with E-state index in [2.05, 4.69) is 0 Å². The maximum absolute atomic E-state index is 14.7. The van der Waals surface area contributed by atoms with Gasteiger partial charge in [-0.2, -0.15) is 0 Å². The highest BCUT2D eigenvalue weighted by Gasteiger charge is 2.54. The number of aliphatic hydroxyl groups excluding tert-OH is 3. The first-order valence-corrected chi connectivity index (χ1v) is 26.6. The van der Waals surface area contributed by atoms with E-state index < -0.39 is 132 Å². The summed E-state index contributed by atoms with van der Waals surface area (Å²) in [7, 11) is 4.38. The third-order valence-corrected chi connectivity index (χ3v) is 16.2. The number of hydrogen-bond donors (Lipinski definition) is 5. The molecule has 0 radical (unpaired) electrons. The minimum atomic E-state index is -2.50. The fourth-order valence-electron chi connectivity index (χ4n) is 10.7. The number of ether oxygens (including phenoxy) is 6. The van der Waals surface area contributed by atoms with Crippen LogP contribution in [0.4, 0.5) is 0 Å². The van der Waals surface area contributed by atoms with Crippen LogP contribution in [0.3, 0.4) is 0 Å². The molecule has 418 valence electrons. The van der Waals surface area contributed by atoms with Gasteiger partial charge >= 0.3 is 11.9 Å². The lowest BCUT2D eigenvalue weighted by molar-refractivity contribution is -0.265. The summed E-state index contributed by atoms with van der Waals surface area (Å²) >= 11 is 0. The molecule has 15 atom stereocenters. The smallest absolute Gasteiger partial charge is 0.330 e. The Hall–Kier alpha value is -3.98. The highest BCUT2D eigenvalue weighted by molar-refractivity contribution is 6.39. The lowest BCUT2D eigenvalue weighted by Crippen LogP contribution is -2.62. The Kier molecular flexibility index (Phi) is 23.6. The zero-order valence-corrected chi connectivity index (χ0v) is 45.8. The molecule has 3 heterocycles. The standard InChI is InChI=1S/C56H88N2O16/c1-33-17-13-12-14-18-34(2)45(69-9)29-41-22-20-38(6)56(68,73-41)50(64)51(65)58-24-16-15-19-42(58)52(66)74-55(57,30-43(61)35(3)26-37(5)48(63)49(71-11)47(62)36(4)25-33)39(7)27-40-21-23-44(46(28-40)70-10)72-53(67)54(8,31-59)32-60/h12-14,17-18,26,33,35-36,38-42,44-46,48-49,59-60,63,68H,15-16,19-25,27-32,57H2,1-11H3/b14-12+,17-13+,34-18+,37-26+/t33-,35-,36-,38-,39-,40+,41+,42?,44-,45+,46-,48-,49+,55+,56-/m1/s1. The van der Waals surface area contributed by atoms with Crippen molar-refractivity contribution in [1.82, 2.24) is 4.90 Å². The van der Waals surface area contributed by atoms with Crippen molar-refractivity contribution >= 4 is 35.2 Å². The van der Waals surface area contributed by atoms with E-state index in [9.17, 15) is 49.2 Å².